The molecule has 5 heteroatoms. The van der Waals surface area contributed by atoms with Crippen LogP contribution in [0.2, 0.25) is 0 Å². The van der Waals surface area contributed by atoms with Gasteiger partial charge in [-0.1, -0.05) is 42.0 Å². The minimum atomic E-state index is -0.537. The Kier molecular flexibility index (Phi) is 3.74. The lowest BCUT2D eigenvalue weighted by atomic mass is 9.85. The number of imide groups is 1. The van der Waals surface area contributed by atoms with Crippen molar-refractivity contribution in [3.05, 3.63) is 47.5 Å². The van der Waals surface area contributed by atoms with Gasteiger partial charge in [0.15, 0.2) is 0 Å². The minimum absolute atomic E-state index is 0.0965. The Bertz CT molecular complexity index is 738. The summed E-state index contributed by atoms with van der Waals surface area (Å²) in [5.74, 6) is -0.516. The van der Waals surface area contributed by atoms with Gasteiger partial charge in [0.25, 0.3) is 0 Å². The lowest BCUT2D eigenvalue weighted by molar-refractivity contribution is -0.144. The van der Waals surface area contributed by atoms with E-state index in [4.69, 9.17) is 0 Å². The molecule has 4 rings (SSSR count). The van der Waals surface area contributed by atoms with Crippen LogP contribution in [0, 0.1) is 30.6 Å². The van der Waals surface area contributed by atoms with E-state index in [2.05, 4.69) is 17.5 Å². The van der Waals surface area contributed by atoms with Gasteiger partial charge < -0.3 is 5.32 Å². The largest absolute Gasteiger partial charge is 0.359 e. The van der Waals surface area contributed by atoms with Crippen LogP contribution in [0.4, 0.5) is 0 Å². The van der Waals surface area contributed by atoms with E-state index < -0.39 is 6.04 Å². The lowest BCUT2D eigenvalue weighted by Crippen LogP contribution is -2.39. The number of fused-ring (bicyclic) bond motifs is 5. The van der Waals surface area contributed by atoms with E-state index in [1.54, 1.807) is 7.05 Å². The number of hydrogen-bond acceptors (Lipinski definition) is 3. The van der Waals surface area contributed by atoms with Crippen LogP contribution in [0.3, 0.4) is 0 Å². The maximum atomic E-state index is 13.1. The summed E-state index contributed by atoms with van der Waals surface area (Å²) in [4.78, 5) is 39.6. The van der Waals surface area contributed by atoms with Crippen molar-refractivity contribution in [1.82, 2.24) is 10.2 Å². The van der Waals surface area contributed by atoms with Crippen molar-refractivity contribution in [2.75, 3.05) is 7.05 Å². The highest BCUT2D eigenvalue weighted by molar-refractivity contribution is 6.07. The minimum Gasteiger partial charge on any atom is -0.359 e. The molecule has 130 valence electrons. The van der Waals surface area contributed by atoms with E-state index in [1.807, 2.05) is 31.2 Å². The third-order valence-corrected chi connectivity index (χ3v) is 5.94. The Labute approximate surface area is 147 Å². The molecule has 1 N–H and O–H groups in total. The van der Waals surface area contributed by atoms with Crippen molar-refractivity contribution in [3.8, 4) is 0 Å². The number of aryl methyl sites for hydroxylation is 1. The monoisotopic (exact) mass is 338 g/mol. The number of rotatable bonds is 4. The summed E-state index contributed by atoms with van der Waals surface area (Å²) in [6.45, 7) is 1.98. The molecule has 5 nitrogen and oxygen atoms in total. The predicted molar refractivity (Wildman–Crippen MR) is 92.2 cm³/mol. The van der Waals surface area contributed by atoms with E-state index in [0.29, 0.717) is 0 Å². The molecule has 2 aliphatic carbocycles. The van der Waals surface area contributed by atoms with Crippen molar-refractivity contribution in [2.45, 2.75) is 25.8 Å². The molecular formula is C20H22N2O3. The van der Waals surface area contributed by atoms with Gasteiger partial charge in [-0.25, -0.2) is 0 Å². The topological polar surface area (TPSA) is 66.5 Å². The summed E-state index contributed by atoms with van der Waals surface area (Å²) in [7, 11) is 1.57. The number of likely N-dealkylation sites (tertiary alicyclic amines) is 1. The van der Waals surface area contributed by atoms with Crippen LogP contribution in [-0.4, -0.2) is 29.7 Å². The van der Waals surface area contributed by atoms with Gasteiger partial charge in [-0.3, -0.25) is 19.3 Å². The van der Waals surface area contributed by atoms with Gasteiger partial charge in [-0.05, 0) is 30.7 Å². The van der Waals surface area contributed by atoms with Crippen LogP contribution in [0.15, 0.2) is 36.4 Å². The van der Waals surface area contributed by atoms with Crippen molar-refractivity contribution in [3.63, 3.8) is 0 Å². The standard InChI is InChI=1S/C20H22N2O3/c1-11-3-5-12(6-4-11)15(10-16(23)21-2)22-19(24)17-13-7-8-14(9-13)18(17)20(22)25/h3-8,13-15,17-18H,9-10H2,1-2H3,(H,21,23). The molecule has 1 saturated carbocycles. The second kappa shape index (κ2) is 5.83. The number of carbonyl (C=O) groups excluding carboxylic acids is 3. The number of carbonyl (C=O) groups is 3. The molecule has 2 fully saturated rings. The predicted octanol–water partition coefficient (Wildman–Crippen LogP) is 1.98. The smallest absolute Gasteiger partial charge is 0.234 e. The maximum Gasteiger partial charge on any atom is 0.234 e. The third kappa shape index (κ3) is 2.41. The molecule has 5 atom stereocenters. The summed E-state index contributed by atoms with van der Waals surface area (Å²) in [5, 5.41) is 2.61. The zero-order valence-electron chi connectivity index (χ0n) is 14.4. The average molecular weight is 338 g/mol. The highest BCUT2D eigenvalue weighted by Crippen LogP contribution is 2.54. The molecule has 0 spiro atoms. The van der Waals surface area contributed by atoms with Crippen LogP contribution < -0.4 is 5.32 Å². The SMILES string of the molecule is CNC(=O)CC(c1ccc(C)cc1)N1C(=O)C2C3C=CC(C3)C2C1=O. The Morgan fingerprint density at radius 3 is 2.20 bits per heavy atom. The van der Waals surface area contributed by atoms with Crippen LogP contribution in [0.5, 0.6) is 0 Å². The Morgan fingerprint density at radius 2 is 1.68 bits per heavy atom. The van der Waals surface area contributed by atoms with E-state index >= 15 is 0 Å². The summed E-state index contributed by atoms with van der Waals surface area (Å²) in [5.41, 5.74) is 1.93. The molecule has 1 heterocycles. The number of nitrogens with zero attached hydrogens (tertiary/aromatic N) is 1. The zero-order chi connectivity index (χ0) is 17.7. The molecule has 2 bridgehead atoms. The van der Waals surface area contributed by atoms with Gasteiger partial charge in [-0.2, -0.15) is 0 Å². The van der Waals surface area contributed by atoms with E-state index in [-0.39, 0.29) is 47.8 Å². The van der Waals surface area contributed by atoms with Crippen LogP contribution in [0.1, 0.15) is 30.0 Å². The van der Waals surface area contributed by atoms with Crippen molar-refractivity contribution < 1.29 is 14.4 Å². The fourth-order valence-electron chi connectivity index (χ4n) is 4.66. The first-order chi connectivity index (χ1) is 12.0. The van der Waals surface area contributed by atoms with Crippen molar-refractivity contribution >= 4 is 17.7 Å². The lowest BCUT2D eigenvalue weighted by Gasteiger charge is -2.28. The second-order valence-electron chi connectivity index (χ2n) is 7.35. The number of benzene rings is 1. The number of allylic oxidation sites excluding steroid dienone is 2. The first-order valence-corrected chi connectivity index (χ1v) is 8.83. The maximum absolute atomic E-state index is 13.1. The summed E-state index contributed by atoms with van der Waals surface area (Å²) < 4.78 is 0. The van der Waals surface area contributed by atoms with Gasteiger partial charge in [0.2, 0.25) is 17.7 Å². The molecule has 0 radical (unpaired) electrons. The third-order valence-electron chi connectivity index (χ3n) is 5.94. The molecular weight excluding hydrogens is 316 g/mol. The summed E-state index contributed by atoms with van der Waals surface area (Å²) in [6.07, 6.45) is 5.17. The Hall–Kier alpha value is -2.43. The molecule has 1 aliphatic heterocycles. The van der Waals surface area contributed by atoms with E-state index in [9.17, 15) is 14.4 Å². The fraction of sp³-hybridized carbons (Fsp3) is 0.450. The molecule has 25 heavy (non-hydrogen) atoms. The van der Waals surface area contributed by atoms with Crippen molar-refractivity contribution in [2.24, 2.45) is 23.7 Å². The molecule has 3 aliphatic rings. The normalized spacial score (nSPS) is 30.7. The highest BCUT2D eigenvalue weighted by Gasteiger charge is 2.60. The van der Waals surface area contributed by atoms with Crippen LogP contribution in [-0.2, 0) is 14.4 Å². The molecule has 1 aromatic rings. The quantitative estimate of drug-likeness (QED) is 0.674. The average Bonchev–Trinajstić information content (AvgIpc) is 3.28. The first-order valence-electron chi connectivity index (χ1n) is 8.83. The fourth-order valence-corrected chi connectivity index (χ4v) is 4.66. The van der Waals surface area contributed by atoms with E-state index in [0.717, 1.165) is 17.5 Å². The second-order valence-corrected chi connectivity index (χ2v) is 7.35. The molecule has 3 amide bonds. The number of hydrogen-bond donors (Lipinski definition) is 1. The van der Waals surface area contributed by atoms with Gasteiger partial charge in [0.1, 0.15) is 0 Å². The van der Waals surface area contributed by atoms with Gasteiger partial charge in [0.05, 0.1) is 24.3 Å². The molecule has 1 saturated heterocycles. The summed E-state index contributed by atoms with van der Waals surface area (Å²) >= 11 is 0. The van der Waals surface area contributed by atoms with Gasteiger partial charge >= 0.3 is 0 Å². The molecule has 0 aromatic heterocycles. The number of nitrogens with one attached hydrogen (secondary N) is 1. The van der Waals surface area contributed by atoms with Crippen LogP contribution in [0.25, 0.3) is 0 Å². The van der Waals surface area contributed by atoms with Crippen molar-refractivity contribution in [1.29, 1.82) is 0 Å². The van der Waals surface area contributed by atoms with Crippen LogP contribution >= 0.6 is 0 Å². The van der Waals surface area contributed by atoms with Gasteiger partial charge in [0, 0.05) is 7.05 Å². The Balaban J connectivity index is 1.70. The van der Waals surface area contributed by atoms with Gasteiger partial charge in [-0.15, -0.1) is 0 Å². The first kappa shape index (κ1) is 16.1. The Morgan fingerprint density at radius 1 is 1.12 bits per heavy atom. The number of amides is 3. The summed E-state index contributed by atoms with van der Waals surface area (Å²) in [6, 6.07) is 7.17. The highest BCUT2D eigenvalue weighted by atomic mass is 16.2. The van der Waals surface area contributed by atoms with E-state index in [1.165, 1.54) is 4.90 Å². The molecule has 1 aromatic carbocycles. The molecule has 5 unspecified atom stereocenters. The zero-order valence-corrected chi connectivity index (χ0v) is 14.4.